The fraction of sp³-hybridized carbons (Fsp3) is 0.0556. The Morgan fingerprint density at radius 1 is 1.17 bits per heavy atom. The van der Waals surface area contributed by atoms with Crippen LogP contribution in [0.3, 0.4) is 0 Å². The number of nitrogens with zero attached hydrogens (tertiary/aromatic N) is 1. The molecule has 6 heteroatoms. The number of hydrogen-bond acceptors (Lipinski definition) is 4. The fourth-order valence-electron chi connectivity index (χ4n) is 1.97. The molecule has 0 aliphatic heterocycles. The summed E-state index contributed by atoms with van der Waals surface area (Å²) in [5.41, 5.74) is 1.02. The molecule has 0 aromatic heterocycles. The number of hydrogen-bond donors (Lipinski definition) is 2. The zero-order chi connectivity index (χ0) is 17.5. The van der Waals surface area contributed by atoms with Crippen LogP contribution in [-0.2, 0) is 4.79 Å². The van der Waals surface area contributed by atoms with E-state index in [9.17, 15) is 14.9 Å². The average molecular weight is 322 g/mol. The maximum Gasteiger partial charge on any atom is 0.335 e. The SMILES string of the molecule is COc1ccccc1NC(=O)/C(C#N)=C/c1ccc(C(=O)O)cc1. The van der Waals surface area contributed by atoms with E-state index < -0.39 is 11.9 Å². The van der Waals surface area contributed by atoms with Gasteiger partial charge in [0.1, 0.15) is 17.4 Å². The van der Waals surface area contributed by atoms with Crippen molar-refractivity contribution in [2.75, 3.05) is 12.4 Å². The van der Waals surface area contributed by atoms with Crippen LogP contribution >= 0.6 is 0 Å². The van der Waals surface area contributed by atoms with E-state index in [0.29, 0.717) is 17.0 Å². The second-order valence-electron chi connectivity index (χ2n) is 4.75. The number of anilines is 1. The van der Waals surface area contributed by atoms with E-state index in [2.05, 4.69) is 5.32 Å². The highest BCUT2D eigenvalue weighted by atomic mass is 16.5. The van der Waals surface area contributed by atoms with Gasteiger partial charge in [-0.15, -0.1) is 0 Å². The maximum atomic E-state index is 12.2. The summed E-state index contributed by atoms with van der Waals surface area (Å²) < 4.78 is 5.14. The molecule has 6 nitrogen and oxygen atoms in total. The number of carbonyl (C=O) groups excluding carboxylic acids is 1. The van der Waals surface area contributed by atoms with Crippen molar-refractivity contribution in [3.8, 4) is 11.8 Å². The number of rotatable bonds is 5. The van der Waals surface area contributed by atoms with Crippen LogP contribution < -0.4 is 10.1 Å². The zero-order valence-corrected chi connectivity index (χ0v) is 12.8. The van der Waals surface area contributed by atoms with Crippen molar-refractivity contribution in [2.24, 2.45) is 0 Å². The van der Waals surface area contributed by atoms with Gasteiger partial charge in [-0.3, -0.25) is 4.79 Å². The van der Waals surface area contributed by atoms with Gasteiger partial charge >= 0.3 is 5.97 Å². The molecule has 0 bridgehead atoms. The Bertz CT molecular complexity index is 833. The van der Waals surface area contributed by atoms with Gasteiger partial charge in [-0.2, -0.15) is 5.26 Å². The molecule has 2 aromatic rings. The Hall–Kier alpha value is -3.59. The fourth-order valence-corrected chi connectivity index (χ4v) is 1.97. The van der Waals surface area contributed by atoms with Gasteiger partial charge in [0.25, 0.3) is 5.91 Å². The summed E-state index contributed by atoms with van der Waals surface area (Å²) in [7, 11) is 1.48. The maximum absolute atomic E-state index is 12.2. The minimum atomic E-state index is -1.04. The Morgan fingerprint density at radius 3 is 2.42 bits per heavy atom. The van der Waals surface area contributed by atoms with E-state index in [1.54, 1.807) is 24.3 Å². The van der Waals surface area contributed by atoms with Gasteiger partial charge in [0.2, 0.25) is 0 Å². The third kappa shape index (κ3) is 3.99. The summed E-state index contributed by atoms with van der Waals surface area (Å²) in [5, 5.41) is 20.7. The van der Waals surface area contributed by atoms with Crippen LogP contribution in [0.4, 0.5) is 5.69 Å². The van der Waals surface area contributed by atoms with Gasteiger partial charge in [-0.25, -0.2) is 4.79 Å². The summed E-state index contributed by atoms with van der Waals surface area (Å²) in [5.74, 6) is -1.14. The summed E-state index contributed by atoms with van der Waals surface area (Å²) >= 11 is 0. The van der Waals surface area contributed by atoms with E-state index in [1.807, 2.05) is 6.07 Å². The van der Waals surface area contributed by atoms with E-state index in [1.165, 1.54) is 37.5 Å². The second kappa shape index (κ2) is 7.61. The molecule has 0 saturated heterocycles. The number of benzene rings is 2. The Balaban J connectivity index is 2.22. The molecule has 0 heterocycles. The highest BCUT2D eigenvalue weighted by molar-refractivity contribution is 6.10. The monoisotopic (exact) mass is 322 g/mol. The lowest BCUT2D eigenvalue weighted by molar-refractivity contribution is -0.112. The number of nitriles is 1. The molecule has 0 atom stereocenters. The van der Waals surface area contributed by atoms with Gasteiger partial charge in [0.05, 0.1) is 18.4 Å². The molecule has 0 unspecified atom stereocenters. The van der Waals surface area contributed by atoms with E-state index in [4.69, 9.17) is 9.84 Å². The van der Waals surface area contributed by atoms with E-state index in [-0.39, 0.29) is 11.1 Å². The normalized spacial score (nSPS) is 10.6. The third-order valence-corrected chi connectivity index (χ3v) is 3.19. The predicted molar refractivity (Wildman–Crippen MR) is 88.6 cm³/mol. The first-order valence-electron chi connectivity index (χ1n) is 6.94. The topological polar surface area (TPSA) is 99.4 Å². The van der Waals surface area contributed by atoms with Crippen molar-refractivity contribution in [3.63, 3.8) is 0 Å². The molecule has 0 aliphatic carbocycles. The number of ether oxygens (including phenoxy) is 1. The number of nitrogens with one attached hydrogen (secondary N) is 1. The molecule has 0 spiro atoms. The first kappa shape index (κ1) is 16.8. The summed E-state index contributed by atoms with van der Waals surface area (Å²) in [6.45, 7) is 0. The second-order valence-corrected chi connectivity index (χ2v) is 4.75. The van der Waals surface area contributed by atoms with Gasteiger partial charge in [0.15, 0.2) is 0 Å². The van der Waals surface area contributed by atoms with Crippen molar-refractivity contribution in [2.45, 2.75) is 0 Å². The van der Waals surface area contributed by atoms with E-state index in [0.717, 1.165) is 0 Å². The van der Waals surface area contributed by atoms with Crippen molar-refractivity contribution in [3.05, 3.63) is 65.2 Å². The highest BCUT2D eigenvalue weighted by Crippen LogP contribution is 2.23. The molecule has 0 aliphatic rings. The first-order valence-corrected chi connectivity index (χ1v) is 6.94. The smallest absolute Gasteiger partial charge is 0.335 e. The number of carbonyl (C=O) groups is 2. The Labute approximate surface area is 138 Å². The molecule has 120 valence electrons. The van der Waals surface area contributed by atoms with Gasteiger partial charge < -0.3 is 15.2 Å². The van der Waals surface area contributed by atoms with Crippen molar-refractivity contribution in [1.29, 1.82) is 5.26 Å². The highest BCUT2D eigenvalue weighted by Gasteiger charge is 2.12. The molecule has 24 heavy (non-hydrogen) atoms. The van der Waals surface area contributed by atoms with Crippen LogP contribution in [0.25, 0.3) is 6.08 Å². The van der Waals surface area contributed by atoms with Crippen molar-refractivity contribution >= 4 is 23.6 Å². The lowest BCUT2D eigenvalue weighted by atomic mass is 10.1. The minimum Gasteiger partial charge on any atom is -0.495 e. The van der Waals surface area contributed by atoms with Gasteiger partial charge in [0, 0.05) is 0 Å². The molecule has 0 saturated carbocycles. The van der Waals surface area contributed by atoms with Crippen molar-refractivity contribution < 1.29 is 19.4 Å². The Morgan fingerprint density at radius 2 is 1.83 bits per heavy atom. The first-order chi connectivity index (χ1) is 11.5. The van der Waals surface area contributed by atoms with Gasteiger partial charge in [-0.1, -0.05) is 24.3 Å². The van der Waals surface area contributed by atoms with E-state index >= 15 is 0 Å². The lowest BCUT2D eigenvalue weighted by Crippen LogP contribution is -2.14. The van der Waals surface area contributed by atoms with Crippen LogP contribution in [0.1, 0.15) is 15.9 Å². The van der Waals surface area contributed by atoms with Crippen LogP contribution in [0.2, 0.25) is 0 Å². The van der Waals surface area contributed by atoms with Crippen LogP contribution in [0.5, 0.6) is 5.75 Å². The molecular weight excluding hydrogens is 308 g/mol. The molecule has 2 N–H and O–H groups in total. The quantitative estimate of drug-likeness (QED) is 0.651. The molecule has 0 radical (unpaired) electrons. The number of methoxy groups -OCH3 is 1. The predicted octanol–water partition coefficient (Wildman–Crippen LogP) is 2.94. The average Bonchev–Trinajstić information content (AvgIpc) is 2.60. The van der Waals surface area contributed by atoms with Crippen LogP contribution in [0.15, 0.2) is 54.1 Å². The number of carboxylic acids is 1. The van der Waals surface area contributed by atoms with Crippen molar-refractivity contribution in [1.82, 2.24) is 0 Å². The summed E-state index contributed by atoms with van der Waals surface area (Å²) in [6, 6.07) is 14.5. The standard InChI is InChI=1S/C18H14N2O4/c1-24-16-5-3-2-4-15(16)20-17(21)14(11-19)10-12-6-8-13(9-7-12)18(22)23/h2-10H,1H3,(H,20,21)(H,22,23)/b14-10+. The molecule has 1 amide bonds. The number of amides is 1. The summed E-state index contributed by atoms with van der Waals surface area (Å²) in [4.78, 5) is 23.1. The number of para-hydroxylation sites is 2. The van der Waals surface area contributed by atoms with Crippen LogP contribution in [0, 0.1) is 11.3 Å². The number of carboxylic acid groups (broad SMARTS) is 1. The third-order valence-electron chi connectivity index (χ3n) is 3.19. The lowest BCUT2D eigenvalue weighted by Gasteiger charge is -2.09. The number of aromatic carboxylic acids is 1. The molecule has 0 fully saturated rings. The largest absolute Gasteiger partial charge is 0.495 e. The van der Waals surface area contributed by atoms with Crippen LogP contribution in [-0.4, -0.2) is 24.1 Å². The molecule has 2 aromatic carbocycles. The Kier molecular flexibility index (Phi) is 5.32. The zero-order valence-electron chi connectivity index (χ0n) is 12.8. The summed E-state index contributed by atoms with van der Waals surface area (Å²) in [6.07, 6.45) is 1.39. The minimum absolute atomic E-state index is 0.107. The molecular formula is C18H14N2O4. The van der Waals surface area contributed by atoms with Gasteiger partial charge in [-0.05, 0) is 35.9 Å². The molecule has 2 rings (SSSR count).